The van der Waals surface area contributed by atoms with Gasteiger partial charge in [-0.25, -0.2) is 0 Å². The number of carbonyl (C=O) groups excluding carboxylic acids is 1. The molecule has 3 nitrogen and oxygen atoms in total. The second kappa shape index (κ2) is 8.94. The molecule has 0 spiro atoms. The van der Waals surface area contributed by atoms with E-state index >= 15 is 0 Å². The number of hydrogen-bond donors (Lipinski definition) is 1. The van der Waals surface area contributed by atoms with Gasteiger partial charge in [0.25, 0.3) is 0 Å². The van der Waals surface area contributed by atoms with E-state index in [0.717, 1.165) is 17.9 Å². The van der Waals surface area contributed by atoms with E-state index in [2.05, 4.69) is 5.32 Å². The van der Waals surface area contributed by atoms with Crippen molar-refractivity contribution >= 4 is 17.5 Å². The first-order chi connectivity index (χ1) is 9.08. The zero-order chi connectivity index (χ0) is 14.1. The topological polar surface area (TPSA) is 38.3 Å². The van der Waals surface area contributed by atoms with Gasteiger partial charge in [0.1, 0.15) is 0 Å². The van der Waals surface area contributed by atoms with Gasteiger partial charge in [0.15, 0.2) is 0 Å². The number of amides is 1. The molecule has 19 heavy (non-hydrogen) atoms. The first-order valence-electron chi connectivity index (χ1n) is 6.70. The van der Waals surface area contributed by atoms with Crippen molar-refractivity contribution in [3.8, 4) is 0 Å². The molecule has 0 atom stereocenters. The second-order valence-electron chi connectivity index (χ2n) is 4.75. The van der Waals surface area contributed by atoms with Gasteiger partial charge in [0, 0.05) is 18.0 Å². The summed E-state index contributed by atoms with van der Waals surface area (Å²) in [5, 5.41) is 3.59. The maximum atomic E-state index is 11.5. The van der Waals surface area contributed by atoms with Crippen molar-refractivity contribution in [1.82, 2.24) is 5.32 Å². The molecule has 0 fully saturated rings. The average molecular weight is 284 g/mol. The average Bonchev–Trinajstić information content (AvgIpc) is 2.37. The molecule has 0 bridgehead atoms. The van der Waals surface area contributed by atoms with Crippen molar-refractivity contribution in [3.05, 3.63) is 34.9 Å². The van der Waals surface area contributed by atoms with Crippen LogP contribution in [0.3, 0.4) is 0 Å². The summed E-state index contributed by atoms with van der Waals surface area (Å²) in [7, 11) is 0. The molecule has 1 amide bonds. The van der Waals surface area contributed by atoms with Crippen molar-refractivity contribution in [2.24, 2.45) is 0 Å². The van der Waals surface area contributed by atoms with Crippen molar-refractivity contribution in [2.75, 3.05) is 13.2 Å². The molecule has 106 valence electrons. The number of carbonyl (C=O) groups is 1. The Bertz CT molecular complexity index is 376. The van der Waals surface area contributed by atoms with E-state index in [0.29, 0.717) is 19.6 Å². The number of nitrogens with one attached hydrogen (secondary N) is 1. The molecule has 0 aromatic heterocycles. The molecule has 0 saturated carbocycles. The Balaban J connectivity index is 2.08. The van der Waals surface area contributed by atoms with Gasteiger partial charge in [-0.2, -0.15) is 0 Å². The third kappa shape index (κ3) is 7.85. The van der Waals surface area contributed by atoms with Crippen LogP contribution in [0, 0.1) is 0 Å². The second-order valence-corrected chi connectivity index (χ2v) is 5.19. The predicted molar refractivity (Wildman–Crippen MR) is 78.5 cm³/mol. The van der Waals surface area contributed by atoms with Crippen LogP contribution in [-0.2, 0) is 16.0 Å². The maximum absolute atomic E-state index is 11.5. The molecular formula is C15H22ClNO2. The predicted octanol–water partition coefficient (Wildman–Crippen LogP) is 3.20. The van der Waals surface area contributed by atoms with E-state index in [-0.39, 0.29) is 12.0 Å². The number of ether oxygens (including phenoxy) is 1. The minimum Gasteiger partial charge on any atom is -0.377 e. The Hall–Kier alpha value is -1.06. The van der Waals surface area contributed by atoms with Gasteiger partial charge in [-0.05, 0) is 44.4 Å². The molecule has 0 heterocycles. The summed E-state index contributed by atoms with van der Waals surface area (Å²) in [6, 6.07) is 7.74. The van der Waals surface area contributed by atoms with E-state index < -0.39 is 0 Å². The van der Waals surface area contributed by atoms with E-state index in [1.165, 1.54) is 5.56 Å². The van der Waals surface area contributed by atoms with Crippen LogP contribution in [0.2, 0.25) is 5.02 Å². The molecule has 4 heteroatoms. The lowest BCUT2D eigenvalue weighted by Gasteiger charge is -2.08. The molecule has 0 unspecified atom stereocenters. The van der Waals surface area contributed by atoms with Gasteiger partial charge in [-0.3, -0.25) is 4.79 Å². The highest BCUT2D eigenvalue weighted by molar-refractivity contribution is 6.30. The summed E-state index contributed by atoms with van der Waals surface area (Å²) in [6.07, 6.45) is 2.50. The summed E-state index contributed by atoms with van der Waals surface area (Å²) in [6.45, 7) is 5.11. The summed E-state index contributed by atoms with van der Waals surface area (Å²) in [5.41, 5.74) is 1.21. The van der Waals surface area contributed by atoms with Crippen LogP contribution >= 0.6 is 11.6 Å². The molecule has 1 aromatic rings. The standard InChI is InChI=1S/C15H22ClNO2/c1-12(2)19-11-10-17-15(18)5-3-4-13-6-8-14(16)9-7-13/h6-9,12H,3-5,10-11H2,1-2H3,(H,17,18). The van der Waals surface area contributed by atoms with E-state index in [1.54, 1.807) is 0 Å². The monoisotopic (exact) mass is 283 g/mol. The van der Waals surface area contributed by atoms with Gasteiger partial charge in [0.05, 0.1) is 12.7 Å². The van der Waals surface area contributed by atoms with Crippen molar-refractivity contribution in [3.63, 3.8) is 0 Å². The van der Waals surface area contributed by atoms with Gasteiger partial charge < -0.3 is 10.1 Å². The maximum Gasteiger partial charge on any atom is 0.220 e. The molecule has 1 rings (SSSR count). The van der Waals surface area contributed by atoms with E-state index in [9.17, 15) is 4.79 Å². The number of hydrogen-bond acceptors (Lipinski definition) is 2. The molecule has 1 N–H and O–H groups in total. The third-order valence-corrected chi connectivity index (χ3v) is 2.91. The summed E-state index contributed by atoms with van der Waals surface area (Å²) in [4.78, 5) is 11.5. The lowest BCUT2D eigenvalue weighted by Crippen LogP contribution is -2.27. The van der Waals surface area contributed by atoms with Crippen LogP contribution in [0.5, 0.6) is 0 Å². The smallest absolute Gasteiger partial charge is 0.220 e. The minimum atomic E-state index is 0.0846. The number of benzene rings is 1. The fourth-order valence-corrected chi connectivity index (χ4v) is 1.80. The van der Waals surface area contributed by atoms with Gasteiger partial charge in [-0.1, -0.05) is 23.7 Å². The fourth-order valence-electron chi connectivity index (χ4n) is 1.68. The Morgan fingerprint density at radius 1 is 1.32 bits per heavy atom. The number of aryl methyl sites for hydroxylation is 1. The molecule has 0 aliphatic carbocycles. The highest BCUT2D eigenvalue weighted by atomic mass is 35.5. The molecular weight excluding hydrogens is 262 g/mol. The number of rotatable bonds is 8. The van der Waals surface area contributed by atoms with Crippen LogP contribution < -0.4 is 5.32 Å². The zero-order valence-electron chi connectivity index (χ0n) is 11.6. The van der Waals surface area contributed by atoms with Gasteiger partial charge in [-0.15, -0.1) is 0 Å². The first-order valence-corrected chi connectivity index (χ1v) is 7.08. The fraction of sp³-hybridized carbons (Fsp3) is 0.533. The Labute approximate surface area is 120 Å². The SMILES string of the molecule is CC(C)OCCNC(=O)CCCc1ccc(Cl)cc1. The quantitative estimate of drug-likeness (QED) is 0.744. The van der Waals surface area contributed by atoms with Crippen molar-refractivity contribution < 1.29 is 9.53 Å². The third-order valence-electron chi connectivity index (χ3n) is 2.66. The number of halogens is 1. The Morgan fingerprint density at radius 2 is 2.00 bits per heavy atom. The minimum absolute atomic E-state index is 0.0846. The van der Waals surface area contributed by atoms with Crippen molar-refractivity contribution in [2.45, 2.75) is 39.2 Å². The van der Waals surface area contributed by atoms with Crippen LogP contribution in [-0.4, -0.2) is 25.2 Å². The zero-order valence-corrected chi connectivity index (χ0v) is 12.4. The normalized spacial score (nSPS) is 10.7. The lowest BCUT2D eigenvalue weighted by molar-refractivity contribution is -0.121. The highest BCUT2D eigenvalue weighted by Crippen LogP contribution is 2.11. The Kier molecular flexibility index (Phi) is 7.53. The van der Waals surface area contributed by atoms with E-state index in [1.807, 2.05) is 38.1 Å². The summed E-state index contributed by atoms with van der Waals surface area (Å²) < 4.78 is 5.35. The summed E-state index contributed by atoms with van der Waals surface area (Å²) >= 11 is 5.81. The molecule has 0 aliphatic heterocycles. The van der Waals surface area contributed by atoms with Crippen LogP contribution in [0.15, 0.2) is 24.3 Å². The van der Waals surface area contributed by atoms with Crippen LogP contribution in [0.25, 0.3) is 0 Å². The van der Waals surface area contributed by atoms with Crippen LogP contribution in [0.4, 0.5) is 0 Å². The molecule has 0 saturated heterocycles. The largest absolute Gasteiger partial charge is 0.377 e. The lowest BCUT2D eigenvalue weighted by atomic mass is 10.1. The Morgan fingerprint density at radius 3 is 2.63 bits per heavy atom. The van der Waals surface area contributed by atoms with Crippen molar-refractivity contribution in [1.29, 1.82) is 0 Å². The first kappa shape index (κ1) is 16.0. The van der Waals surface area contributed by atoms with Gasteiger partial charge in [0.2, 0.25) is 5.91 Å². The van der Waals surface area contributed by atoms with E-state index in [4.69, 9.17) is 16.3 Å². The molecule has 1 aromatic carbocycles. The van der Waals surface area contributed by atoms with Crippen LogP contribution in [0.1, 0.15) is 32.3 Å². The summed E-state index contributed by atoms with van der Waals surface area (Å²) in [5.74, 6) is 0.0846. The molecule has 0 aliphatic rings. The highest BCUT2D eigenvalue weighted by Gasteiger charge is 2.01. The molecule has 0 radical (unpaired) electrons. The van der Waals surface area contributed by atoms with Gasteiger partial charge >= 0.3 is 0 Å².